The van der Waals surface area contributed by atoms with Gasteiger partial charge in [0.05, 0.1) is 0 Å². The number of nitrogens with one attached hydrogen (secondary N) is 1. The van der Waals surface area contributed by atoms with Crippen LogP contribution < -0.4 is 5.32 Å². The topological polar surface area (TPSA) is 15.3 Å². The first-order valence-electron chi connectivity index (χ1n) is 6.16. The third-order valence-corrected chi connectivity index (χ3v) is 3.73. The fourth-order valence-corrected chi connectivity index (χ4v) is 2.66. The molecule has 1 aromatic rings. The highest BCUT2D eigenvalue weighted by Gasteiger charge is 2.23. The molecule has 3 heteroatoms. The summed E-state index contributed by atoms with van der Waals surface area (Å²) < 4.78 is 1.14. The number of nitrogens with zero attached hydrogens (tertiary/aromatic N) is 1. The Labute approximate surface area is 114 Å². The van der Waals surface area contributed by atoms with Gasteiger partial charge in [0.15, 0.2) is 0 Å². The zero-order chi connectivity index (χ0) is 12.8. The van der Waals surface area contributed by atoms with Crippen molar-refractivity contribution < 1.29 is 0 Å². The molecule has 1 N–H and O–H groups in total. The number of hydrogen-bond acceptors (Lipinski definition) is 2. The van der Waals surface area contributed by atoms with Crippen molar-refractivity contribution in [2.24, 2.45) is 5.92 Å². The number of hydrogen-bond donors (Lipinski definition) is 1. The Morgan fingerprint density at radius 1 is 1.24 bits per heavy atom. The Hall–Kier alpha value is -0.380. The summed E-state index contributed by atoms with van der Waals surface area (Å²) in [7, 11) is 6.34. The van der Waals surface area contributed by atoms with E-state index in [1.807, 2.05) is 7.05 Å². The average Bonchev–Trinajstić information content (AvgIpc) is 2.30. The van der Waals surface area contributed by atoms with Crippen LogP contribution in [0, 0.1) is 5.92 Å². The highest BCUT2D eigenvalue weighted by molar-refractivity contribution is 9.10. The van der Waals surface area contributed by atoms with E-state index in [9.17, 15) is 0 Å². The number of halogens is 1. The molecule has 1 rings (SSSR count). The van der Waals surface area contributed by atoms with Gasteiger partial charge in [0, 0.05) is 10.5 Å². The van der Waals surface area contributed by atoms with Gasteiger partial charge in [-0.25, -0.2) is 0 Å². The van der Waals surface area contributed by atoms with Gasteiger partial charge < -0.3 is 10.2 Å². The quantitative estimate of drug-likeness (QED) is 0.867. The third kappa shape index (κ3) is 4.09. The lowest BCUT2D eigenvalue weighted by atomic mass is 9.90. The van der Waals surface area contributed by atoms with Crippen LogP contribution in [-0.4, -0.2) is 32.6 Å². The van der Waals surface area contributed by atoms with Crippen molar-refractivity contribution in [1.82, 2.24) is 10.2 Å². The fourth-order valence-electron chi connectivity index (χ4n) is 2.39. The molecule has 0 radical (unpaired) electrons. The zero-order valence-corrected chi connectivity index (χ0v) is 12.8. The van der Waals surface area contributed by atoms with E-state index in [1.165, 1.54) is 12.0 Å². The Morgan fingerprint density at radius 2 is 1.82 bits per heavy atom. The van der Waals surface area contributed by atoms with E-state index >= 15 is 0 Å². The predicted octanol–water partition coefficient (Wildman–Crippen LogP) is 3.30. The lowest BCUT2D eigenvalue weighted by Gasteiger charge is -2.32. The summed E-state index contributed by atoms with van der Waals surface area (Å²) >= 11 is 3.49. The van der Waals surface area contributed by atoms with Crippen LogP contribution in [0.3, 0.4) is 0 Å². The van der Waals surface area contributed by atoms with Gasteiger partial charge in [-0.15, -0.1) is 0 Å². The monoisotopic (exact) mass is 298 g/mol. The van der Waals surface area contributed by atoms with E-state index in [4.69, 9.17) is 0 Å². The lowest BCUT2D eigenvalue weighted by molar-refractivity contribution is 0.204. The molecular weight excluding hydrogens is 276 g/mol. The first-order chi connectivity index (χ1) is 8.10. The van der Waals surface area contributed by atoms with Gasteiger partial charge in [0.1, 0.15) is 0 Å². The smallest absolute Gasteiger partial charge is 0.0382 e. The van der Waals surface area contributed by atoms with Crippen molar-refractivity contribution in [1.29, 1.82) is 0 Å². The zero-order valence-electron chi connectivity index (χ0n) is 11.2. The van der Waals surface area contributed by atoms with Crippen molar-refractivity contribution in [2.75, 3.05) is 27.7 Å². The molecule has 0 saturated carbocycles. The fraction of sp³-hybridized carbons (Fsp3) is 0.571. The van der Waals surface area contributed by atoms with Gasteiger partial charge >= 0.3 is 0 Å². The standard InChI is InChI=1S/C14H23BrN2/c1-5-11(10-16-2)14(17(3)4)12-6-8-13(15)9-7-12/h6-9,11,14,16H,5,10H2,1-4H3. The van der Waals surface area contributed by atoms with Crippen LogP contribution in [0.2, 0.25) is 0 Å². The number of benzene rings is 1. The van der Waals surface area contributed by atoms with Crippen LogP contribution in [0.15, 0.2) is 28.7 Å². The third-order valence-electron chi connectivity index (χ3n) is 3.21. The van der Waals surface area contributed by atoms with Gasteiger partial charge in [-0.3, -0.25) is 0 Å². The van der Waals surface area contributed by atoms with E-state index in [0.717, 1.165) is 11.0 Å². The van der Waals surface area contributed by atoms with Crippen LogP contribution in [0.5, 0.6) is 0 Å². The molecule has 1 aromatic carbocycles. The summed E-state index contributed by atoms with van der Waals surface area (Å²) in [5.41, 5.74) is 1.39. The van der Waals surface area contributed by atoms with Gasteiger partial charge in [-0.1, -0.05) is 41.4 Å². The molecule has 0 aliphatic carbocycles. The summed E-state index contributed by atoms with van der Waals surface area (Å²) in [6.45, 7) is 3.31. The summed E-state index contributed by atoms with van der Waals surface area (Å²) in [4.78, 5) is 2.31. The second kappa shape index (κ2) is 7.14. The highest BCUT2D eigenvalue weighted by Crippen LogP contribution is 2.29. The number of rotatable bonds is 6. The van der Waals surface area contributed by atoms with Gasteiger partial charge in [0.25, 0.3) is 0 Å². The first-order valence-corrected chi connectivity index (χ1v) is 6.96. The van der Waals surface area contributed by atoms with Crippen LogP contribution in [0.4, 0.5) is 0 Å². The molecule has 0 aromatic heterocycles. The van der Waals surface area contributed by atoms with Crippen molar-refractivity contribution >= 4 is 15.9 Å². The largest absolute Gasteiger partial charge is 0.319 e. The van der Waals surface area contributed by atoms with Crippen LogP contribution in [-0.2, 0) is 0 Å². The second-order valence-electron chi connectivity index (χ2n) is 4.69. The Balaban J connectivity index is 2.95. The second-order valence-corrected chi connectivity index (χ2v) is 5.60. The molecule has 0 saturated heterocycles. The van der Waals surface area contributed by atoms with E-state index in [0.29, 0.717) is 12.0 Å². The van der Waals surface area contributed by atoms with Crippen LogP contribution >= 0.6 is 15.9 Å². The van der Waals surface area contributed by atoms with E-state index in [1.54, 1.807) is 0 Å². The molecule has 2 unspecified atom stereocenters. The molecule has 0 fully saturated rings. The van der Waals surface area contributed by atoms with Gasteiger partial charge in [-0.05, 0) is 51.3 Å². The maximum absolute atomic E-state index is 3.49. The Morgan fingerprint density at radius 3 is 2.24 bits per heavy atom. The molecule has 96 valence electrons. The van der Waals surface area contributed by atoms with Crippen molar-refractivity contribution in [3.63, 3.8) is 0 Å². The molecular formula is C14H23BrN2. The van der Waals surface area contributed by atoms with Gasteiger partial charge in [-0.2, -0.15) is 0 Å². The SMILES string of the molecule is CCC(CNC)C(c1ccc(Br)cc1)N(C)C. The molecule has 0 aliphatic rings. The summed E-state index contributed by atoms with van der Waals surface area (Å²) in [5, 5.41) is 3.30. The van der Waals surface area contributed by atoms with E-state index < -0.39 is 0 Å². The molecule has 0 bridgehead atoms. The molecule has 2 nitrogen and oxygen atoms in total. The average molecular weight is 299 g/mol. The molecule has 0 spiro atoms. The Bertz CT molecular complexity index is 321. The molecule has 0 heterocycles. The minimum atomic E-state index is 0.473. The maximum atomic E-state index is 3.49. The summed E-state index contributed by atoms with van der Waals surface area (Å²) in [5.74, 6) is 0.635. The summed E-state index contributed by atoms with van der Waals surface area (Å²) in [6, 6.07) is 9.15. The highest BCUT2D eigenvalue weighted by atomic mass is 79.9. The molecule has 17 heavy (non-hydrogen) atoms. The van der Waals surface area contributed by atoms with E-state index in [-0.39, 0.29) is 0 Å². The maximum Gasteiger partial charge on any atom is 0.0382 e. The lowest BCUT2D eigenvalue weighted by Crippen LogP contribution is -2.32. The molecule has 2 atom stereocenters. The summed E-state index contributed by atoms with van der Waals surface area (Å²) in [6.07, 6.45) is 1.18. The van der Waals surface area contributed by atoms with Crippen molar-refractivity contribution in [3.05, 3.63) is 34.3 Å². The van der Waals surface area contributed by atoms with Crippen LogP contribution in [0.1, 0.15) is 24.9 Å². The minimum Gasteiger partial charge on any atom is -0.319 e. The minimum absolute atomic E-state index is 0.473. The first kappa shape index (κ1) is 14.7. The van der Waals surface area contributed by atoms with Crippen LogP contribution in [0.25, 0.3) is 0 Å². The predicted molar refractivity (Wildman–Crippen MR) is 78.3 cm³/mol. The van der Waals surface area contributed by atoms with E-state index in [2.05, 4.69) is 71.4 Å². The van der Waals surface area contributed by atoms with Crippen molar-refractivity contribution in [3.8, 4) is 0 Å². The Kier molecular flexibility index (Phi) is 6.17. The van der Waals surface area contributed by atoms with Crippen molar-refractivity contribution in [2.45, 2.75) is 19.4 Å². The molecule has 0 aliphatic heterocycles. The normalized spacial score (nSPS) is 14.9. The van der Waals surface area contributed by atoms with Gasteiger partial charge in [0.2, 0.25) is 0 Å². The molecule has 0 amide bonds.